The van der Waals surface area contributed by atoms with Gasteiger partial charge in [0.2, 0.25) is 10.0 Å². The van der Waals surface area contributed by atoms with E-state index in [1.807, 2.05) is 0 Å². The van der Waals surface area contributed by atoms with E-state index in [2.05, 4.69) is 19.4 Å². The first-order valence-corrected chi connectivity index (χ1v) is 9.85. The topological polar surface area (TPSA) is 104 Å². The molecule has 8 nitrogen and oxygen atoms in total. The van der Waals surface area contributed by atoms with Crippen LogP contribution < -0.4 is 14.2 Å². The maximum Gasteiger partial charge on any atom is 0.455 e. The van der Waals surface area contributed by atoms with E-state index in [0.29, 0.717) is 17.1 Å². The molecule has 3 aromatic rings. The molecule has 160 valence electrons. The van der Waals surface area contributed by atoms with Crippen LogP contribution in [0.5, 0.6) is 11.5 Å². The van der Waals surface area contributed by atoms with Crippen molar-refractivity contribution in [3.05, 3.63) is 53.9 Å². The largest absolute Gasteiger partial charge is 0.497 e. The number of sulfonamides is 1. The molecule has 12 heteroatoms. The number of ether oxygens (including phenoxy) is 2. The van der Waals surface area contributed by atoms with Crippen LogP contribution in [0.4, 0.5) is 13.2 Å². The summed E-state index contributed by atoms with van der Waals surface area (Å²) in [4.78, 5) is 2.95. The van der Waals surface area contributed by atoms with E-state index >= 15 is 0 Å². The van der Waals surface area contributed by atoms with Gasteiger partial charge in [0.1, 0.15) is 11.5 Å². The number of hydrogen-bond donors (Lipinski definition) is 1. The summed E-state index contributed by atoms with van der Waals surface area (Å²) in [5.41, 5.74) is 0.367. The Bertz CT molecular complexity index is 1150. The van der Waals surface area contributed by atoms with Crippen LogP contribution in [0.15, 0.2) is 51.9 Å². The minimum Gasteiger partial charge on any atom is -0.497 e. The van der Waals surface area contributed by atoms with Crippen LogP contribution in [0.25, 0.3) is 11.5 Å². The molecular formula is C18H16F3N3O5S. The molecule has 0 aliphatic rings. The van der Waals surface area contributed by atoms with Crippen molar-refractivity contribution in [1.82, 2.24) is 14.9 Å². The molecule has 1 N–H and O–H groups in total. The van der Waals surface area contributed by atoms with Gasteiger partial charge in [-0.25, -0.2) is 13.1 Å². The van der Waals surface area contributed by atoms with Gasteiger partial charge < -0.3 is 14.0 Å². The van der Waals surface area contributed by atoms with Crippen molar-refractivity contribution in [3.8, 4) is 23.0 Å². The average molecular weight is 443 g/mol. The third-order valence-electron chi connectivity index (χ3n) is 4.03. The van der Waals surface area contributed by atoms with Crippen LogP contribution in [0.1, 0.15) is 11.4 Å². The Labute approximate surface area is 169 Å². The predicted octanol–water partition coefficient (Wildman–Crippen LogP) is 3.25. The second-order valence-electron chi connectivity index (χ2n) is 5.92. The molecule has 0 aliphatic carbocycles. The summed E-state index contributed by atoms with van der Waals surface area (Å²) < 4.78 is 81.3. The van der Waals surface area contributed by atoms with Crippen molar-refractivity contribution in [2.45, 2.75) is 17.6 Å². The Morgan fingerprint density at radius 1 is 1.10 bits per heavy atom. The fraction of sp³-hybridized carbons (Fsp3) is 0.222. The fourth-order valence-corrected chi connectivity index (χ4v) is 3.78. The number of rotatable bonds is 7. The molecule has 0 radical (unpaired) electrons. The normalized spacial score (nSPS) is 12.0. The number of methoxy groups -OCH3 is 2. The second-order valence-corrected chi connectivity index (χ2v) is 7.65. The SMILES string of the molecule is COc1ccc(CNS(=O)(=O)c2ccccc2-c2nc(C(F)(F)F)no2)c(OC)c1. The molecule has 3 rings (SSSR count). The number of nitrogens with zero attached hydrogens (tertiary/aromatic N) is 2. The zero-order chi connectivity index (χ0) is 21.9. The Hall–Kier alpha value is -3.12. The molecule has 1 aromatic heterocycles. The van der Waals surface area contributed by atoms with Crippen molar-refractivity contribution in [2.24, 2.45) is 0 Å². The minimum absolute atomic E-state index is 0.137. The van der Waals surface area contributed by atoms with Crippen LogP contribution >= 0.6 is 0 Å². The molecule has 2 aromatic carbocycles. The third-order valence-corrected chi connectivity index (χ3v) is 5.49. The molecule has 30 heavy (non-hydrogen) atoms. The smallest absolute Gasteiger partial charge is 0.455 e. The van der Waals surface area contributed by atoms with E-state index in [4.69, 9.17) is 9.47 Å². The minimum atomic E-state index is -4.82. The Balaban J connectivity index is 1.90. The monoisotopic (exact) mass is 443 g/mol. The predicted molar refractivity (Wildman–Crippen MR) is 98.3 cm³/mol. The van der Waals surface area contributed by atoms with E-state index in [9.17, 15) is 21.6 Å². The number of benzene rings is 2. The molecule has 0 spiro atoms. The van der Waals surface area contributed by atoms with Gasteiger partial charge in [0, 0.05) is 18.2 Å². The lowest BCUT2D eigenvalue weighted by Gasteiger charge is -2.13. The van der Waals surface area contributed by atoms with Crippen LogP contribution in [0, 0.1) is 0 Å². The zero-order valence-corrected chi connectivity index (χ0v) is 16.5. The van der Waals surface area contributed by atoms with Crippen molar-refractivity contribution in [3.63, 3.8) is 0 Å². The Morgan fingerprint density at radius 3 is 2.47 bits per heavy atom. The highest BCUT2D eigenvalue weighted by molar-refractivity contribution is 7.89. The number of nitrogens with one attached hydrogen (secondary N) is 1. The summed E-state index contributed by atoms with van der Waals surface area (Å²) in [7, 11) is -1.24. The molecule has 0 amide bonds. The van der Waals surface area contributed by atoms with E-state index in [0.717, 1.165) is 0 Å². The Morgan fingerprint density at radius 2 is 1.83 bits per heavy atom. The summed E-state index contributed by atoms with van der Waals surface area (Å²) in [5.74, 6) is -1.14. The van der Waals surface area contributed by atoms with Gasteiger partial charge >= 0.3 is 6.18 Å². The van der Waals surface area contributed by atoms with Crippen LogP contribution in [0.3, 0.4) is 0 Å². The van der Waals surface area contributed by atoms with E-state index in [1.165, 1.54) is 38.5 Å². The maximum atomic E-state index is 12.8. The first kappa shape index (κ1) is 21.6. The zero-order valence-electron chi connectivity index (χ0n) is 15.7. The first-order chi connectivity index (χ1) is 14.2. The standard InChI is InChI=1S/C18H16F3N3O5S/c1-27-12-8-7-11(14(9-12)28-2)10-22-30(25,26)15-6-4-3-5-13(15)16-23-17(24-29-16)18(19,20)21/h3-9,22H,10H2,1-2H3. The van der Waals surface area contributed by atoms with Crippen molar-refractivity contribution in [1.29, 1.82) is 0 Å². The van der Waals surface area contributed by atoms with Gasteiger partial charge in [0.25, 0.3) is 11.7 Å². The summed E-state index contributed by atoms with van der Waals surface area (Å²) in [6.07, 6.45) is -4.82. The van der Waals surface area contributed by atoms with Crippen LogP contribution in [0.2, 0.25) is 0 Å². The van der Waals surface area contributed by atoms with Gasteiger partial charge in [-0.2, -0.15) is 18.2 Å². The lowest BCUT2D eigenvalue weighted by Crippen LogP contribution is -2.24. The summed E-state index contributed by atoms with van der Waals surface area (Å²) >= 11 is 0. The molecule has 0 saturated heterocycles. The van der Waals surface area contributed by atoms with E-state index < -0.39 is 27.9 Å². The van der Waals surface area contributed by atoms with Crippen molar-refractivity contribution in [2.75, 3.05) is 14.2 Å². The first-order valence-electron chi connectivity index (χ1n) is 8.36. The van der Waals surface area contributed by atoms with Crippen LogP contribution in [-0.4, -0.2) is 32.8 Å². The highest BCUT2D eigenvalue weighted by Crippen LogP contribution is 2.31. The number of halogens is 3. The fourth-order valence-electron chi connectivity index (χ4n) is 2.57. The summed E-state index contributed by atoms with van der Waals surface area (Å²) in [6.45, 7) is -0.137. The number of alkyl halides is 3. The molecule has 0 fully saturated rings. The van der Waals surface area contributed by atoms with Gasteiger partial charge in [0.05, 0.1) is 24.7 Å². The van der Waals surface area contributed by atoms with Gasteiger partial charge in [-0.3, -0.25) is 0 Å². The lowest BCUT2D eigenvalue weighted by atomic mass is 10.2. The van der Waals surface area contributed by atoms with Gasteiger partial charge in [-0.15, -0.1) is 0 Å². The summed E-state index contributed by atoms with van der Waals surface area (Å²) in [5, 5.41) is 2.86. The maximum absolute atomic E-state index is 12.8. The molecule has 0 saturated carbocycles. The quantitative estimate of drug-likeness (QED) is 0.598. The van der Waals surface area contributed by atoms with Gasteiger partial charge in [-0.05, 0) is 18.2 Å². The second kappa shape index (κ2) is 8.32. The van der Waals surface area contributed by atoms with Crippen molar-refractivity contribution < 1.29 is 35.6 Å². The summed E-state index contributed by atoms with van der Waals surface area (Å²) in [6, 6.07) is 10.2. The average Bonchev–Trinajstić information content (AvgIpc) is 3.23. The molecule has 1 heterocycles. The highest BCUT2D eigenvalue weighted by atomic mass is 32.2. The molecule has 0 unspecified atom stereocenters. The van der Waals surface area contributed by atoms with Crippen LogP contribution in [-0.2, 0) is 22.7 Å². The lowest BCUT2D eigenvalue weighted by molar-refractivity contribution is -0.146. The Kier molecular flexibility index (Phi) is 5.99. The van der Waals surface area contributed by atoms with Gasteiger partial charge in [-0.1, -0.05) is 23.4 Å². The molecular weight excluding hydrogens is 427 g/mol. The van der Waals surface area contributed by atoms with E-state index in [-0.39, 0.29) is 17.0 Å². The molecule has 0 atom stereocenters. The number of aromatic nitrogens is 2. The van der Waals surface area contributed by atoms with E-state index in [1.54, 1.807) is 18.2 Å². The third kappa shape index (κ3) is 4.54. The molecule has 0 bridgehead atoms. The highest BCUT2D eigenvalue weighted by Gasteiger charge is 2.38. The van der Waals surface area contributed by atoms with Gasteiger partial charge in [0.15, 0.2) is 0 Å². The van der Waals surface area contributed by atoms with Crippen molar-refractivity contribution >= 4 is 10.0 Å². The number of hydrogen-bond acceptors (Lipinski definition) is 7. The molecule has 0 aliphatic heterocycles.